The fourth-order valence-electron chi connectivity index (χ4n) is 2.51. The number of hydrogen-bond acceptors (Lipinski definition) is 4. The van der Waals surface area contributed by atoms with Gasteiger partial charge in [0.05, 0.1) is 19.9 Å². The first-order valence-electron chi connectivity index (χ1n) is 8.47. The molecule has 1 N–H and O–H groups in total. The molecule has 0 atom stereocenters. The van der Waals surface area contributed by atoms with Crippen molar-refractivity contribution in [3.63, 3.8) is 0 Å². The zero-order chi connectivity index (χ0) is 19.1. The predicted molar refractivity (Wildman–Crippen MR) is 110 cm³/mol. The standard InChI is InChI=1S/C20H20ClN3O2S/c1-26-17-5-7-18(8-6-17)27-12-10-20(25)23-19-9-11-22-24(19)14-15-3-2-4-16(21)13-15/h2-9,11,13H,10,12,14H2,1H3,(H,23,25). The average Bonchev–Trinajstić information content (AvgIpc) is 3.09. The van der Waals surface area contributed by atoms with Crippen molar-refractivity contribution in [2.45, 2.75) is 17.9 Å². The van der Waals surface area contributed by atoms with Gasteiger partial charge in [0.1, 0.15) is 11.6 Å². The second-order valence-corrected chi connectivity index (χ2v) is 7.43. The van der Waals surface area contributed by atoms with E-state index in [4.69, 9.17) is 16.3 Å². The first-order valence-corrected chi connectivity index (χ1v) is 9.83. The van der Waals surface area contributed by atoms with Crippen molar-refractivity contribution in [3.05, 3.63) is 71.4 Å². The number of rotatable bonds is 8. The van der Waals surface area contributed by atoms with Crippen molar-refractivity contribution in [1.29, 1.82) is 0 Å². The van der Waals surface area contributed by atoms with Gasteiger partial charge in [0.25, 0.3) is 0 Å². The minimum atomic E-state index is -0.0381. The first-order chi connectivity index (χ1) is 13.1. The van der Waals surface area contributed by atoms with Crippen molar-refractivity contribution in [1.82, 2.24) is 9.78 Å². The predicted octanol–water partition coefficient (Wildman–Crippen LogP) is 4.71. The molecule has 5 nitrogen and oxygen atoms in total. The third-order valence-corrected chi connectivity index (χ3v) is 5.11. The number of methoxy groups -OCH3 is 1. The van der Waals surface area contributed by atoms with Crippen LogP contribution in [0.3, 0.4) is 0 Å². The molecule has 1 amide bonds. The zero-order valence-corrected chi connectivity index (χ0v) is 16.5. The van der Waals surface area contributed by atoms with Crippen LogP contribution in [-0.2, 0) is 11.3 Å². The van der Waals surface area contributed by atoms with Crippen molar-refractivity contribution in [2.24, 2.45) is 0 Å². The normalized spacial score (nSPS) is 10.6. The van der Waals surface area contributed by atoms with Gasteiger partial charge in [-0.05, 0) is 42.0 Å². The number of carbonyl (C=O) groups excluding carboxylic acids is 1. The van der Waals surface area contributed by atoms with E-state index in [1.165, 1.54) is 0 Å². The van der Waals surface area contributed by atoms with Crippen LogP contribution >= 0.6 is 23.4 Å². The fourth-order valence-corrected chi connectivity index (χ4v) is 3.58. The lowest BCUT2D eigenvalue weighted by Crippen LogP contribution is -2.16. The van der Waals surface area contributed by atoms with Crippen LogP contribution in [0.25, 0.3) is 0 Å². The molecule has 0 aliphatic carbocycles. The topological polar surface area (TPSA) is 56.1 Å². The molecule has 0 aliphatic heterocycles. The van der Waals surface area contributed by atoms with Crippen LogP contribution in [0.15, 0.2) is 65.7 Å². The molecule has 1 heterocycles. The van der Waals surface area contributed by atoms with Gasteiger partial charge in [-0.25, -0.2) is 4.68 Å². The van der Waals surface area contributed by atoms with Crippen LogP contribution in [0.2, 0.25) is 5.02 Å². The molecule has 3 rings (SSSR count). The molecule has 0 saturated heterocycles. The van der Waals surface area contributed by atoms with Gasteiger partial charge in [-0.2, -0.15) is 5.10 Å². The molecule has 140 valence electrons. The summed E-state index contributed by atoms with van der Waals surface area (Å²) in [6.45, 7) is 0.545. The van der Waals surface area contributed by atoms with Gasteiger partial charge in [0, 0.05) is 28.2 Å². The SMILES string of the molecule is COc1ccc(SCCC(=O)Nc2ccnn2Cc2cccc(Cl)c2)cc1. The van der Waals surface area contributed by atoms with E-state index in [0.717, 1.165) is 16.2 Å². The second-order valence-electron chi connectivity index (χ2n) is 5.83. The molecule has 0 saturated carbocycles. The van der Waals surface area contributed by atoms with E-state index in [9.17, 15) is 4.79 Å². The number of ether oxygens (including phenoxy) is 1. The number of thioether (sulfide) groups is 1. The van der Waals surface area contributed by atoms with Gasteiger partial charge >= 0.3 is 0 Å². The number of amides is 1. The highest BCUT2D eigenvalue weighted by Crippen LogP contribution is 2.22. The third-order valence-electron chi connectivity index (χ3n) is 3.86. The first kappa shape index (κ1) is 19.3. The smallest absolute Gasteiger partial charge is 0.226 e. The van der Waals surface area contributed by atoms with Crippen LogP contribution in [0.4, 0.5) is 5.82 Å². The molecule has 0 spiro atoms. The van der Waals surface area contributed by atoms with Crippen molar-refractivity contribution in [2.75, 3.05) is 18.2 Å². The van der Waals surface area contributed by atoms with Crippen LogP contribution in [0.5, 0.6) is 5.75 Å². The molecular formula is C20H20ClN3O2S. The summed E-state index contributed by atoms with van der Waals surface area (Å²) in [6.07, 6.45) is 2.09. The molecule has 0 radical (unpaired) electrons. The summed E-state index contributed by atoms with van der Waals surface area (Å²) in [5.41, 5.74) is 1.02. The Kier molecular flexibility index (Phi) is 6.79. The van der Waals surface area contributed by atoms with E-state index in [-0.39, 0.29) is 5.91 Å². The van der Waals surface area contributed by atoms with Crippen LogP contribution in [0, 0.1) is 0 Å². The van der Waals surface area contributed by atoms with Crippen molar-refractivity contribution < 1.29 is 9.53 Å². The minimum Gasteiger partial charge on any atom is -0.497 e. The Bertz CT molecular complexity index is 896. The lowest BCUT2D eigenvalue weighted by Gasteiger charge is -2.09. The maximum atomic E-state index is 12.3. The van der Waals surface area contributed by atoms with E-state index >= 15 is 0 Å². The molecule has 0 unspecified atom stereocenters. The quantitative estimate of drug-likeness (QED) is 0.555. The van der Waals surface area contributed by atoms with E-state index < -0.39 is 0 Å². The van der Waals surface area contributed by atoms with Crippen molar-refractivity contribution in [3.8, 4) is 5.75 Å². The second kappa shape index (κ2) is 9.48. The Balaban J connectivity index is 1.50. The maximum Gasteiger partial charge on any atom is 0.226 e. The van der Waals surface area contributed by atoms with Gasteiger partial charge in [-0.15, -0.1) is 11.8 Å². The molecule has 1 aromatic heterocycles. The van der Waals surface area contributed by atoms with Crippen LogP contribution in [-0.4, -0.2) is 28.6 Å². The third kappa shape index (κ3) is 5.77. The van der Waals surface area contributed by atoms with Gasteiger partial charge in [-0.3, -0.25) is 4.79 Å². The highest BCUT2D eigenvalue weighted by atomic mass is 35.5. The Hall–Kier alpha value is -2.44. The number of nitrogens with one attached hydrogen (secondary N) is 1. The number of nitrogens with zero attached hydrogens (tertiary/aromatic N) is 2. The molecule has 0 bridgehead atoms. The lowest BCUT2D eigenvalue weighted by molar-refractivity contribution is -0.115. The molecule has 27 heavy (non-hydrogen) atoms. The van der Waals surface area contributed by atoms with Gasteiger partial charge < -0.3 is 10.1 Å². The molecule has 0 fully saturated rings. The summed E-state index contributed by atoms with van der Waals surface area (Å²) < 4.78 is 6.89. The number of benzene rings is 2. The number of halogens is 1. The summed E-state index contributed by atoms with van der Waals surface area (Å²) in [7, 11) is 1.64. The summed E-state index contributed by atoms with van der Waals surface area (Å²) in [6, 6.07) is 17.2. The van der Waals surface area contributed by atoms with Gasteiger partial charge in [0.2, 0.25) is 5.91 Å². The molecule has 2 aromatic carbocycles. The highest BCUT2D eigenvalue weighted by Gasteiger charge is 2.08. The minimum absolute atomic E-state index is 0.0381. The summed E-state index contributed by atoms with van der Waals surface area (Å²) in [5, 5.41) is 7.89. The molecule has 0 aliphatic rings. The van der Waals surface area contributed by atoms with Gasteiger partial charge in [-0.1, -0.05) is 23.7 Å². The number of aromatic nitrogens is 2. The summed E-state index contributed by atoms with van der Waals surface area (Å²) >= 11 is 7.66. The highest BCUT2D eigenvalue weighted by molar-refractivity contribution is 7.99. The maximum absolute atomic E-state index is 12.3. The largest absolute Gasteiger partial charge is 0.497 e. The number of carbonyl (C=O) groups is 1. The van der Waals surface area contributed by atoms with Crippen molar-refractivity contribution >= 4 is 35.1 Å². The average molecular weight is 402 g/mol. The van der Waals surface area contributed by atoms with E-state index in [1.807, 2.05) is 48.5 Å². The summed E-state index contributed by atoms with van der Waals surface area (Å²) in [4.78, 5) is 13.4. The Labute approximate surface area is 167 Å². The monoisotopic (exact) mass is 401 g/mol. The zero-order valence-electron chi connectivity index (χ0n) is 14.9. The Morgan fingerprint density at radius 1 is 1.22 bits per heavy atom. The molecule has 3 aromatic rings. The number of hydrogen-bond donors (Lipinski definition) is 1. The Morgan fingerprint density at radius 3 is 2.78 bits per heavy atom. The van der Waals surface area contributed by atoms with Crippen LogP contribution < -0.4 is 10.1 Å². The fraction of sp³-hybridized carbons (Fsp3) is 0.200. The Morgan fingerprint density at radius 2 is 2.04 bits per heavy atom. The van der Waals surface area contributed by atoms with E-state index in [1.54, 1.807) is 35.8 Å². The number of anilines is 1. The van der Waals surface area contributed by atoms with Crippen LogP contribution in [0.1, 0.15) is 12.0 Å². The van der Waals surface area contributed by atoms with E-state index in [2.05, 4.69) is 10.4 Å². The van der Waals surface area contributed by atoms with Gasteiger partial charge in [0.15, 0.2) is 0 Å². The summed E-state index contributed by atoms with van der Waals surface area (Å²) in [5.74, 6) is 2.16. The molecule has 7 heteroatoms. The molecular weight excluding hydrogens is 382 g/mol. The lowest BCUT2D eigenvalue weighted by atomic mass is 10.2. The van der Waals surface area contributed by atoms with E-state index in [0.29, 0.717) is 29.6 Å².